The molecule has 1 heterocycles. The van der Waals surface area contributed by atoms with Crippen LogP contribution in [0.4, 0.5) is 4.79 Å². The Morgan fingerprint density at radius 3 is 2.94 bits per heavy atom. The van der Waals surface area contributed by atoms with Gasteiger partial charge in [-0.05, 0) is 6.07 Å². The molecule has 1 aliphatic heterocycles. The summed E-state index contributed by atoms with van der Waals surface area (Å²) in [5, 5.41) is 9.00. The highest BCUT2D eigenvalue weighted by atomic mass is 16.6. The zero-order chi connectivity index (χ0) is 13.1. The van der Waals surface area contributed by atoms with Crippen LogP contribution in [0.15, 0.2) is 24.3 Å². The van der Waals surface area contributed by atoms with E-state index in [1.54, 1.807) is 24.3 Å². The maximum absolute atomic E-state index is 11.5. The second-order valence-corrected chi connectivity index (χ2v) is 3.87. The molecule has 2 rings (SSSR count). The summed E-state index contributed by atoms with van der Waals surface area (Å²) in [4.78, 5) is 23.7. The number of ether oxygens (including phenoxy) is 2. The van der Waals surface area contributed by atoms with Crippen LogP contribution in [-0.2, 0) is 16.1 Å². The second kappa shape index (κ2) is 4.95. The van der Waals surface area contributed by atoms with Crippen molar-refractivity contribution in [2.75, 3.05) is 13.7 Å². The average molecular weight is 251 g/mol. The third kappa shape index (κ3) is 2.22. The molecular formula is C12H13NO5. The van der Waals surface area contributed by atoms with Crippen molar-refractivity contribution < 1.29 is 24.2 Å². The molecule has 6 nitrogen and oxygen atoms in total. The van der Waals surface area contributed by atoms with Crippen molar-refractivity contribution in [3.05, 3.63) is 29.8 Å². The fourth-order valence-corrected chi connectivity index (χ4v) is 1.85. The molecule has 1 aromatic rings. The molecule has 1 fully saturated rings. The number of aliphatic carboxylic acids is 1. The number of hydrogen-bond donors (Lipinski definition) is 1. The minimum absolute atomic E-state index is 0.122. The molecule has 0 radical (unpaired) electrons. The van der Waals surface area contributed by atoms with Crippen LogP contribution in [0.25, 0.3) is 0 Å². The number of nitrogens with zero attached hydrogens (tertiary/aromatic N) is 1. The number of carboxylic acid groups (broad SMARTS) is 1. The lowest BCUT2D eigenvalue weighted by molar-refractivity contribution is -0.141. The molecule has 0 bridgehead atoms. The van der Waals surface area contributed by atoms with Gasteiger partial charge in [0.25, 0.3) is 0 Å². The zero-order valence-electron chi connectivity index (χ0n) is 9.83. The van der Waals surface area contributed by atoms with Crippen molar-refractivity contribution in [2.45, 2.75) is 12.6 Å². The molecular weight excluding hydrogens is 238 g/mol. The van der Waals surface area contributed by atoms with Crippen LogP contribution in [0.1, 0.15) is 5.56 Å². The Balaban J connectivity index is 2.21. The average Bonchev–Trinajstić information content (AvgIpc) is 2.72. The van der Waals surface area contributed by atoms with Gasteiger partial charge in [0.2, 0.25) is 0 Å². The van der Waals surface area contributed by atoms with E-state index in [0.717, 1.165) is 5.56 Å². The molecule has 0 aliphatic carbocycles. The van der Waals surface area contributed by atoms with Gasteiger partial charge in [-0.3, -0.25) is 4.90 Å². The van der Waals surface area contributed by atoms with Gasteiger partial charge < -0.3 is 14.6 Å². The van der Waals surface area contributed by atoms with E-state index in [0.29, 0.717) is 5.75 Å². The number of cyclic esters (lactones) is 1. The number of amides is 1. The van der Waals surface area contributed by atoms with E-state index in [2.05, 4.69) is 0 Å². The first-order valence-corrected chi connectivity index (χ1v) is 5.41. The van der Waals surface area contributed by atoms with Crippen molar-refractivity contribution in [3.63, 3.8) is 0 Å². The molecule has 96 valence electrons. The van der Waals surface area contributed by atoms with E-state index in [4.69, 9.17) is 14.6 Å². The summed E-state index contributed by atoms with van der Waals surface area (Å²) in [5.74, 6) is -0.461. The first-order valence-electron chi connectivity index (χ1n) is 5.41. The Morgan fingerprint density at radius 1 is 1.56 bits per heavy atom. The van der Waals surface area contributed by atoms with E-state index >= 15 is 0 Å². The van der Waals surface area contributed by atoms with Crippen molar-refractivity contribution in [1.29, 1.82) is 0 Å². The molecule has 0 aromatic heterocycles. The largest absolute Gasteiger partial charge is 0.496 e. The smallest absolute Gasteiger partial charge is 0.411 e. The van der Waals surface area contributed by atoms with Crippen LogP contribution in [0.5, 0.6) is 5.75 Å². The number of methoxy groups -OCH3 is 1. The van der Waals surface area contributed by atoms with Crippen LogP contribution in [0.2, 0.25) is 0 Å². The maximum atomic E-state index is 11.5. The zero-order valence-corrected chi connectivity index (χ0v) is 9.83. The summed E-state index contributed by atoms with van der Waals surface area (Å²) in [6.07, 6.45) is -0.617. The fourth-order valence-electron chi connectivity index (χ4n) is 1.85. The molecule has 0 spiro atoms. The molecule has 18 heavy (non-hydrogen) atoms. The summed E-state index contributed by atoms with van der Waals surface area (Å²) in [6.45, 7) is 0.0309. The minimum atomic E-state index is -1.07. The van der Waals surface area contributed by atoms with Crippen LogP contribution < -0.4 is 4.74 Å². The molecule has 1 aromatic carbocycles. The predicted molar refractivity (Wildman–Crippen MR) is 61.3 cm³/mol. The van der Waals surface area contributed by atoms with Gasteiger partial charge in [-0.25, -0.2) is 9.59 Å². The lowest BCUT2D eigenvalue weighted by atomic mass is 10.1. The third-order valence-corrected chi connectivity index (χ3v) is 2.79. The lowest BCUT2D eigenvalue weighted by Gasteiger charge is -2.19. The molecule has 6 heteroatoms. The number of rotatable bonds is 4. The number of hydrogen-bond acceptors (Lipinski definition) is 4. The Morgan fingerprint density at radius 2 is 2.28 bits per heavy atom. The topological polar surface area (TPSA) is 76.1 Å². The molecule has 1 saturated heterocycles. The van der Waals surface area contributed by atoms with Gasteiger partial charge in [0.15, 0.2) is 6.04 Å². The van der Waals surface area contributed by atoms with Crippen molar-refractivity contribution in [3.8, 4) is 5.75 Å². The SMILES string of the molecule is COc1ccccc1CN1C(=O)OCC1C(=O)O. The maximum Gasteiger partial charge on any atom is 0.411 e. The normalized spacial score (nSPS) is 18.6. The summed E-state index contributed by atoms with van der Waals surface area (Å²) < 4.78 is 9.91. The van der Waals surface area contributed by atoms with Gasteiger partial charge >= 0.3 is 12.1 Å². The highest BCUT2D eigenvalue weighted by Gasteiger charge is 2.38. The fraction of sp³-hybridized carbons (Fsp3) is 0.333. The van der Waals surface area contributed by atoms with Crippen LogP contribution in [0.3, 0.4) is 0 Å². The first-order chi connectivity index (χ1) is 8.63. The number of benzene rings is 1. The molecule has 1 N–H and O–H groups in total. The lowest BCUT2D eigenvalue weighted by Crippen LogP contribution is -2.38. The Bertz CT molecular complexity index is 473. The van der Waals surface area contributed by atoms with Gasteiger partial charge in [0.05, 0.1) is 13.7 Å². The van der Waals surface area contributed by atoms with Crippen LogP contribution in [-0.4, -0.2) is 41.8 Å². The summed E-state index contributed by atoms with van der Waals surface area (Å²) >= 11 is 0. The van der Waals surface area contributed by atoms with E-state index in [1.165, 1.54) is 12.0 Å². The quantitative estimate of drug-likeness (QED) is 0.867. The van der Waals surface area contributed by atoms with Gasteiger partial charge in [-0.2, -0.15) is 0 Å². The summed E-state index contributed by atoms with van der Waals surface area (Å²) in [7, 11) is 1.52. The highest BCUT2D eigenvalue weighted by Crippen LogP contribution is 2.23. The number of carboxylic acids is 1. The Hall–Kier alpha value is -2.24. The van der Waals surface area contributed by atoms with E-state index in [1.807, 2.05) is 0 Å². The van der Waals surface area contributed by atoms with Gasteiger partial charge in [0.1, 0.15) is 12.4 Å². The van der Waals surface area contributed by atoms with Crippen molar-refractivity contribution >= 4 is 12.1 Å². The van der Waals surface area contributed by atoms with E-state index in [9.17, 15) is 9.59 Å². The van der Waals surface area contributed by atoms with Gasteiger partial charge in [-0.1, -0.05) is 18.2 Å². The standard InChI is InChI=1S/C12H13NO5/c1-17-10-5-3-2-4-8(10)6-13-9(11(14)15)7-18-12(13)16/h2-5,9H,6-7H2,1H3,(H,14,15). The van der Waals surface area contributed by atoms with Gasteiger partial charge in [-0.15, -0.1) is 0 Å². The summed E-state index contributed by atoms with van der Waals surface area (Å²) in [5.41, 5.74) is 0.741. The second-order valence-electron chi connectivity index (χ2n) is 3.87. The molecule has 1 amide bonds. The minimum Gasteiger partial charge on any atom is -0.496 e. The third-order valence-electron chi connectivity index (χ3n) is 2.79. The van der Waals surface area contributed by atoms with Crippen LogP contribution >= 0.6 is 0 Å². The number of carbonyl (C=O) groups is 2. The van der Waals surface area contributed by atoms with Crippen LogP contribution in [0, 0.1) is 0 Å². The molecule has 0 saturated carbocycles. The predicted octanol–water partition coefficient (Wildman–Crippen LogP) is 1.10. The number of carbonyl (C=O) groups excluding carboxylic acids is 1. The first kappa shape index (κ1) is 12.2. The van der Waals surface area contributed by atoms with E-state index < -0.39 is 18.1 Å². The molecule has 1 unspecified atom stereocenters. The van der Waals surface area contributed by atoms with Crippen molar-refractivity contribution in [2.24, 2.45) is 0 Å². The monoisotopic (exact) mass is 251 g/mol. The van der Waals surface area contributed by atoms with Crippen molar-refractivity contribution in [1.82, 2.24) is 4.90 Å². The Labute approximate surface area is 104 Å². The van der Waals surface area contributed by atoms with Gasteiger partial charge in [0, 0.05) is 5.56 Å². The Kier molecular flexibility index (Phi) is 3.36. The molecule has 1 aliphatic rings. The number of para-hydroxylation sites is 1. The highest BCUT2D eigenvalue weighted by molar-refractivity contribution is 5.83. The molecule has 1 atom stereocenters. The summed E-state index contributed by atoms with van der Waals surface area (Å²) in [6, 6.07) is 6.20. The van der Waals surface area contributed by atoms with E-state index in [-0.39, 0.29) is 13.2 Å².